The Kier molecular flexibility index (Phi) is 10.7. The van der Waals surface area contributed by atoms with E-state index in [0.29, 0.717) is 26.7 Å². The summed E-state index contributed by atoms with van der Waals surface area (Å²) in [5, 5.41) is 19.2. The number of alkyl halides is 1. The smallest absolute Gasteiger partial charge is 0.339 e. The van der Waals surface area contributed by atoms with Crippen molar-refractivity contribution in [1.29, 1.82) is 0 Å². The number of para-hydroxylation sites is 1. The standard InChI is InChI=1S/C39H40IN5O5/c1-24(2)41-39(49)43-28-15-20-35(32(22-28)38(47)48)50-30-18-13-27(14-19-30)42-37(46)26-11-16-29(17-12-26)45-23-33(31-8-4-5-9-34(31)45)25(3)44-21-7-6-10-36(44)40/h4-5,8-9,11-20,22-25,36H,6-7,10,21H2,1-3H3,(H,42,46)(H,47,48)(H2,41,43,49). The maximum Gasteiger partial charge on any atom is 0.339 e. The topological polar surface area (TPSA) is 125 Å². The lowest BCUT2D eigenvalue weighted by atomic mass is 10.0. The summed E-state index contributed by atoms with van der Waals surface area (Å²) in [6.07, 6.45) is 5.96. The summed E-state index contributed by atoms with van der Waals surface area (Å²) in [7, 11) is 0. The minimum Gasteiger partial charge on any atom is -0.478 e. The number of carbonyl (C=O) groups excluding carboxylic acids is 2. The minimum atomic E-state index is -1.20. The van der Waals surface area contributed by atoms with E-state index in [1.807, 2.05) is 38.1 Å². The van der Waals surface area contributed by atoms with Crippen molar-refractivity contribution < 1.29 is 24.2 Å². The van der Waals surface area contributed by atoms with Crippen LogP contribution in [-0.4, -0.2) is 49.1 Å². The largest absolute Gasteiger partial charge is 0.478 e. The van der Waals surface area contributed by atoms with Crippen LogP contribution in [0.1, 0.15) is 72.4 Å². The number of carboxylic acid groups (broad SMARTS) is 1. The van der Waals surface area contributed by atoms with Crippen molar-refractivity contribution in [2.45, 2.75) is 56.2 Å². The van der Waals surface area contributed by atoms with E-state index in [9.17, 15) is 19.5 Å². The van der Waals surface area contributed by atoms with Gasteiger partial charge in [-0.05, 0) is 125 Å². The van der Waals surface area contributed by atoms with Crippen molar-refractivity contribution >= 4 is 62.8 Å². The number of nitrogens with zero attached hydrogens (tertiary/aromatic N) is 2. The number of benzene rings is 4. The predicted octanol–water partition coefficient (Wildman–Crippen LogP) is 9.21. The third-order valence-corrected chi connectivity index (χ3v) is 10.1. The Morgan fingerprint density at radius 2 is 1.60 bits per heavy atom. The minimum absolute atomic E-state index is 0.0722. The van der Waals surface area contributed by atoms with Gasteiger partial charge in [0.05, 0.1) is 9.57 Å². The molecule has 6 rings (SSSR count). The Morgan fingerprint density at radius 3 is 2.30 bits per heavy atom. The van der Waals surface area contributed by atoms with Crippen LogP contribution in [0.3, 0.4) is 0 Å². The molecule has 4 aromatic carbocycles. The third-order valence-electron chi connectivity index (χ3n) is 8.79. The summed E-state index contributed by atoms with van der Waals surface area (Å²) in [5.41, 5.74) is 4.70. The zero-order valence-electron chi connectivity index (χ0n) is 28.2. The van der Waals surface area contributed by atoms with E-state index in [2.05, 4.69) is 85.4 Å². The maximum absolute atomic E-state index is 13.2. The number of fused-ring (bicyclic) bond motifs is 1. The highest BCUT2D eigenvalue weighted by Gasteiger charge is 2.27. The lowest BCUT2D eigenvalue weighted by Crippen LogP contribution is -2.37. The highest BCUT2D eigenvalue weighted by molar-refractivity contribution is 14.1. The average molecular weight is 786 g/mol. The van der Waals surface area contributed by atoms with Crippen LogP contribution in [-0.2, 0) is 0 Å². The fourth-order valence-corrected chi connectivity index (χ4v) is 7.49. The molecule has 0 bridgehead atoms. The van der Waals surface area contributed by atoms with Gasteiger partial charge in [0, 0.05) is 46.3 Å². The lowest BCUT2D eigenvalue weighted by Gasteiger charge is -2.36. The molecule has 3 amide bonds. The van der Waals surface area contributed by atoms with Gasteiger partial charge in [-0.2, -0.15) is 0 Å². The molecule has 4 N–H and O–H groups in total. The van der Waals surface area contributed by atoms with Crippen LogP contribution in [0, 0.1) is 0 Å². The first-order chi connectivity index (χ1) is 24.1. The molecule has 258 valence electrons. The van der Waals surface area contributed by atoms with Gasteiger partial charge in [0.15, 0.2) is 0 Å². The van der Waals surface area contributed by atoms with Gasteiger partial charge in [-0.15, -0.1) is 0 Å². The normalized spacial score (nSPS) is 15.4. The molecule has 1 aliphatic rings. The highest BCUT2D eigenvalue weighted by atomic mass is 127. The van der Waals surface area contributed by atoms with Gasteiger partial charge >= 0.3 is 12.0 Å². The van der Waals surface area contributed by atoms with Gasteiger partial charge in [0.25, 0.3) is 5.91 Å². The third kappa shape index (κ3) is 7.95. The van der Waals surface area contributed by atoms with Crippen LogP contribution in [0.15, 0.2) is 97.2 Å². The number of hydrogen-bond acceptors (Lipinski definition) is 5. The van der Waals surface area contributed by atoms with Gasteiger partial charge in [-0.25, -0.2) is 9.59 Å². The summed E-state index contributed by atoms with van der Waals surface area (Å²) in [6, 6.07) is 26.9. The molecule has 0 saturated carbocycles. The van der Waals surface area contributed by atoms with Crippen molar-refractivity contribution in [3.8, 4) is 17.2 Å². The molecule has 10 nitrogen and oxygen atoms in total. The second-order valence-electron chi connectivity index (χ2n) is 12.7. The van der Waals surface area contributed by atoms with Crippen LogP contribution < -0.4 is 20.7 Å². The molecule has 50 heavy (non-hydrogen) atoms. The first kappa shape index (κ1) is 35.0. The molecule has 2 unspecified atom stereocenters. The number of halogens is 1. The summed E-state index contributed by atoms with van der Waals surface area (Å²) in [6.45, 7) is 7.05. The Hall–Kier alpha value is -4.88. The highest BCUT2D eigenvalue weighted by Crippen LogP contribution is 2.36. The summed E-state index contributed by atoms with van der Waals surface area (Å²) in [4.78, 5) is 39.8. The van der Waals surface area contributed by atoms with Gasteiger partial charge < -0.3 is 30.4 Å². The van der Waals surface area contributed by atoms with Crippen LogP contribution in [0.25, 0.3) is 16.6 Å². The Labute approximate surface area is 305 Å². The number of piperidine rings is 1. The average Bonchev–Trinajstić information content (AvgIpc) is 3.49. The number of amides is 3. The first-order valence-corrected chi connectivity index (χ1v) is 18.0. The summed E-state index contributed by atoms with van der Waals surface area (Å²) in [5.74, 6) is -0.959. The number of aromatic nitrogens is 1. The molecule has 0 radical (unpaired) electrons. The number of rotatable bonds is 10. The van der Waals surface area contributed by atoms with Crippen molar-refractivity contribution in [3.63, 3.8) is 0 Å². The number of anilines is 2. The van der Waals surface area contributed by atoms with Crippen LogP contribution >= 0.6 is 22.6 Å². The van der Waals surface area contributed by atoms with E-state index in [0.717, 1.165) is 17.7 Å². The molecule has 0 aliphatic carbocycles. The zero-order valence-corrected chi connectivity index (χ0v) is 30.3. The summed E-state index contributed by atoms with van der Waals surface area (Å²) < 4.78 is 8.58. The van der Waals surface area contributed by atoms with Gasteiger partial charge in [0.1, 0.15) is 17.1 Å². The number of ether oxygens (including phenoxy) is 1. The number of likely N-dealkylation sites (tertiary alicyclic amines) is 1. The second kappa shape index (κ2) is 15.3. The van der Waals surface area contributed by atoms with E-state index in [4.69, 9.17) is 4.74 Å². The molecule has 2 atom stereocenters. The Balaban J connectivity index is 1.12. The number of nitrogens with one attached hydrogen (secondary N) is 3. The SMILES string of the molecule is CC(C)NC(=O)Nc1ccc(Oc2ccc(NC(=O)c3ccc(-n4cc(C(C)N5CCCCC5I)c5ccccc54)cc3)cc2)c(C(=O)O)c1. The lowest BCUT2D eigenvalue weighted by molar-refractivity contribution is 0.0694. The molecular weight excluding hydrogens is 745 g/mol. The van der Waals surface area contributed by atoms with E-state index in [1.165, 1.54) is 42.3 Å². The Morgan fingerprint density at radius 1 is 0.880 bits per heavy atom. The van der Waals surface area contributed by atoms with Crippen LogP contribution in [0.5, 0.6) is 11.5 Å². The van der Waals surface area contributed by atoms with Gasteiger partial charge in [0.2, 0.25) is 0 Å². The van der Waals surface area contributed by atoms with Crippen molar-refractivity contribution in [2.75, 3.05) is 17.2 Å². The molecule has 2 heterocycles. The second-order valence-corrected chi connectivity index (χ2v) is 14.2. The molecule has 11 heteroatoms. The maximum atomic E-state index is 13.2. The van der Waals surface area contributed by atoms with Crippen LogP contribution in [0.2, 0.25) is 0 Å². The monoisotopic (exact) mass is 785 g/mol. The van der Waals surface area contributed by atoms with E-state index >= 15 is 0 Å². The van der Waals surface area contributed by atoms with E-state index in [-0.39, 0.29) is 29.3 Å². The van der Waals surface area contributed by atoms with E-state index in [1.54, 1.807) is 30.3 Å². The van der Waals surface area contributed by atoms with Crippen LogP contribution in [0.4, 0.5) is 16.2 Å². The Bertz CT molecular complexity index is 2010. The quantitative estimate of drug-likeness (QED) is 0.0636. The number of aromatic carboxylic acids is 1. The molecule has 5 aromatic rings. The molecule has 1 aliphatic heterocycles. The molecule has 1 fully saturated rings. The molecule has 1 saturated heterocycles. The number of hydrogen-bond donors (Lipinski definition) is 4. The molecule has 1 aromatic heterocycles. The number of urea groups is 1. The summed E-state index contributed by atoms with van der Waals surface area (Å²) >= 11 is 2.58. The first-order valence-electron chi connectivity index (χ1n) is 16.7. The number of carbonyl (C=O) groups is 3. The molecular formula is C39H40IN5O5. The number of carboxylic acids is 1. The van der Waals surface area contributed by atoms with E-state index < -0.39 is 12.0 Å². The van der Waals surface area contributed by atoms with Gasteiger partial charge in [-0.1, -0.05) is 40.8 Å². The van der Waals surface area contributed by atoms with Gasteiger partial charge in [-0.3, -0.25) is 9.69 Å². The zero-order chi connectivity index (χ0) is 35.4. The van der Waals surface area contributed by atoms with Crippen molar-refractivity contribution in [1.82, 2.24) is 14.8 Å². The predicted molar refractivity (Wildman–Crippen MR) is 205 cm³/mol. The van der Waals surface area contributed by atoms with Crippen molar-refractivity contribution in [2.24, 2.45) is 0 Å². The fourth-order valence-electron chi connectivity index (χ4n) is 6.28. The van der Waals surface area contributed by atoms with Crippen molar-refractivity contribution in [3.05, 3.63) is 114 Å². The fraction of sp³-hybridized carbons (Fsp3) is 0.256. The molecule has 0 spiro atoms.